The molecule has 0 spiro atoms. The van der Waals surface area contributed by atoms with E-state index in [0.717, 1.165) is 23.7 Å². The van der Waals surface area contributed by atoms with Crippen molar-refractivity contribution >= 4 is 17.0 Å². The van der Waals surface area contributed by atoms with Crippen molar-refractivity contribution in [1.29, 1.82) is 0 Å². The molecule has 1 aliphatic carbocycles. The largest absolute Gasteiger partial charge is 0.382 e. The van der Waals surface area contributed by atoms with Gasteiger partial charge in [0.2, 0.25) is 0 Å². The van der Waals surface area contributed by atoms with Gasteiger partial charge in [0.25, 0.3) is 0 Å². The van der Waals surface area contributed by atoms with Crippen molar-refractivity contribution in [3.05, 3.63) is 12.2 Å². The second-order valence-corrected chi connectivity index (χ2v) is 3.79. The maximum atomic E-state index is 5.69. The van der Waals surface area contributed by atoms with E-state index in [-0.39, 0.29) is 0 Å². The van der Waals surface area contributed by atoms with Crippen molar-refractivity contribution in [1.82, 2.24) is 19.9 Å². The van der Waals surface area contributed by atoms with Crippen molar-refractivity contribution < 1.29 is 0 Å². The third-order valence-corrected chi connectivity index (χ3v) is 2.55. The van der Waals surface area contributed by atoms with Gasteiger partial charge in [0, 0.05) is 6.42 Å². The van der Waals surface area contributed by atoms with Crippen LogP contribution in [0.3, 0.4) is 0 Å². The van der Waals surface area contributed by atoms with E-state index < -0.39 is 0 Å². The molecule has 5 nitrogen and oxygen atoms in total. The molecule has 0 saturated heterocycles. The lowest BCUT2D eigenvalue weighted by molar-refractivity contribution is 0.787. The predicted octanol–water partition coefficient (Wildman–Crippen LogP) is 0.888. The number of anilines is 1. The van der Waals surface area contributed by atoms with E-state index in [0.29, 0.717) is 11.5 Å². The van der Waals surface area contributed by atoms with E-state index in [1.165, 1.54) is 19.2 Å². The fourth-order valence-electron chi connectivity index (χ4n) is 1.59. The van der Waals surface area contributed by atoms with Gasteiger partial charge in [0.15, 0.2) is 11.5 Å². The number of hydrogen-bond acceptors (Lipinski definition) is 4. The lowest BCUT2D eigenvalue weighted by atomic mass is 10.3. The number of nitrogens with one attached hydrogen (secondary N) is 1. The molecule has 2 heterocycles. The van der Waals surface area contributed by atoms with Crippen molar-refractivity contribution in [2.24, 2.45) is 5.92 Å². The summed E-state index contributed by atoms with van der Waals surface area (Å²) in [7, 11) is 0. The van der Waals surface area contributed by atoms with Gasteiger partial charge in [-0.15, -0.1) is 0 Å². The predicted molar refractivity (Wildman–Crippen MR) is 52.5 cm³/mol. The average Bonchev–Trinajstić information content (AvgIpc) is 2.84. The first-order valence-corrected chi connectivity index (χ1v) is 4.78. The first-order valence-electron chi connectivity index (χ1n) is 4.78. The molecule has 0 radical (unpaired) electrons. The van der Waals surface area contributed by atoms with Gasteiger partial charge in [-0.05, 0) is 18.8 Å². The highest BCUT2D eigenvalue weighted by molar-refractivity contribution is 5.80. The topological polar surface area (TPSA) is 80.5 Å². The first kappa shape index (κ1) is 7.73. The molecule has 0 amide bonds. The van der Waals surface area contributed by atoms with Crippen LogP contribution < -0.4 is 5.73 Å². The van der Waals surface area contributed by atoms with Gasteiger partial charge in [-0.25, -0.2) is 15.0 Å². The lowest BCUT2D eigenvalue weighted by Crippen LogP contribution is -1.92. The third kappa shape index (κ3) is 1.21. The third-order valence-electron chi connectivity index (χ3n) is 2.55. The van der Waals surface area contributed by atoms with Crippen LogP contribution in [-0.4, -0.2) is 19.9 Å². The van der Waals surface area contributed by atoms with Crippen molar-refractivity contribution in [3.8, 4) is 0 Å². The molecular formula is C9H11N5. The fourth-order valence-corrected chi connectivity index (χ4v) is 1.59. The zero-order valence-electron chi connectivity index (χ0n) is 7.70. The van der Waals surface area contributed by atoms with Crippen LogP contribution in [0.25, 0.3) is 11.2 Å². The molecule has 1 fully saturated rings. The summed E-state index contributed by atoms with van der Waals surface area (Å²) in [5.74, 6) is 2.27. The highest BCUT2D eigenvalue weighted by atomic mass is 15.0. The van der Waals surface area contributed by atoms with Gasteiger partial charge < -0.3 is 10.7 Å². The second kappa shape index (κ2) is 2.67. The molecule has 3 N–H and O–H groups in total. The maximum absolute atomic E-state index is 5.69. The van der Waals surface area contributed by atoms with Crippen LogP contribution in [0.1, 0.15) is 18.7 Å². The molecule has 2 aromatic rings. The molecular weight excluding hydrogens is 178 g/mol. The number of fused-ring (bicyclic) bond motifs is 1. The lowest BCUT2D eigenvalue weighted by Gasteiger charge is -1.90. The van der Waals surface area contributed by atoms with Crippen LogP contribution in [-0.2, 0) is 6.42 Å². The van der Waals surface area contributed by atoms with Crippen LogP contribution in [0.4, 0.5) is 5.82 Å². The molecule has 0 atom stereocenters. The summed E-state index contributed by atoms with van der Waals surface area (Å²) in [4.78, 5) is 15.5. The summed E-state index contributed by atoms with van der Waals surface area (Å²) in [6.07, 6.45) is 5.09. The monoisotopic (exact) mass is 189 g/mol. The Morgan fingerprint density at radius 1 is 1.43 bits per heavy atom. The molecule has 5 heteroatoms. The van der Waals surface area contributed by atoms with Gasteiger partial charge in [-0.2, -0.15) is 0 Å². The summed E-state index contributed by atoms with van der Waals surface area (Å²) in [6.45, 7) is 0. The number of H-pyrrole nitrogens is 1. The van der Waals surface area contributed by atoms with Gasteiger partial charge in [0.05, 0.1) is 0 Å². The van der Waals surface area contributed by atoms with Crippen LogP contribution in [0.5, 0.6) is 0 Å². The molecule has 0 unspecified atom stereocenters. The first-order chi connectivity index (χ1) is 6.83. The van der Waals surface area contributed by atoms with Crippen molar-refractivity contribution in [2.75, 3.05) is 5.73 Å². The summed E-state index contributed by atoms with van der Waals surface area (Å²) >= 11 is 0. The van der Waals surface area contributed by atoms with Gasteiger partial charge in [0.1, 0.15) is 17.7 Å². The Morgan fingerprint density at radius 3 is 3.00 bits per heavy atom. The van der Waals surface area contributed by atoms with E-state index in [1.54, 1.807) is 0 Å². The van der Waals surface area contributed by atoms with Gasteiger partial charge >= 0.3 is 0 Å². The minimum atomic E-state index is 0.476. The second-order valence-electron chi connectivity index (χ2n) is 3.79. The SMILES string of the molecule is Nc1ncnc2nc(CC3CC3)[nH]c12. The molecule has 0 aromatic carbocycles. The molecule has 14 heavy (non-hydrogen) atoms. The Bertz CT molecular complexity index is 471. The Labute approximate surface area is 80.8 Å². The molecule has 0 bridgehead atoms. The number of aromatic nitrogens is 4. The Balaban J connectivity index is 2.05. The minimum Gasteiger partial charge on any atom is -0.382 e. The number of nitrogens with zero attached hydrogens (tertiary/aromatic N) is 3. The standard InChI is InChI=1S/C9H11N5/c10-8-7-9(12-4-11-8)14-6(13-7)3-5-1-2-5/h4-5H,1-3H2,(H3,10,11,12,13,14). The number of aromatic amines is 1. The molecule has 2 aromatic heterocycles. The molecule has 0 aliphatic heterocycles. The van der Waals surface area contributed by atoms with E-state index >= 15 is 0 Å². The van der Waals surface area contributed by atoms with E-state index in [9.17, 15) is 0 Å². The molecule has 1 saturated carbocycles. The summed E-state index contributed by atoms with van der Waals surface area (Å²) in [5.41, 5.74) is 7.13. The smallest absolute Gasteiger partial charge is 0.183 e. The van der Waals surface area contributed by atoms with Gasteiger partial charge in [-0.1, -0.05) is 0 Å². The molecule has 3 rings (SSSR count). The number of hydrogen-bond donors (Lipinski definition) is 2. The van der Waals surface area contributed by atoms with E-state index in [2.05, 4.69) is 19.9 Å². The maximum Gasteiger partial charge on any atom is 0.183 e. The molecule has 72 valence electrons. The Kier molecular flexibility index (Phi) is 1.47. The highest BCUT2D eigenvalue weighted by Crippen LogP contribution is 2.32. The quantitative estimate of drug-likeness (QED) is 0.735. The van der Waals surface area contributed by atoms with E-state index in [4.69, 9.17) is 5.73 Å². The Morgan fingerprint density at radius 2 is 2.29 bits per heavy atom. The van der Waals surface area contributed by atoms with Crippen molar-refractivity contribution in [3.63, 3.8) is 0 Å². The van der Waals surface area contributed by atoms with Crippen LogP contribution in [0.15, 0.2) is 6.33 Å². The number of imidazole rings is 1. The normalized spacial score (nSPS) is 16.3. The van der Waals surface area contributed by atoms with E-state index in [1.807, 2.05) is 0 Å². The zero-order valence-corrected chi connectivity index (χ0v) is 7.70. The summed E-state index contributed by atoms with van der Waals surface area (Å²) in [5, 5.41) is 0. The average molecular weight is 189 g/mol. The fraction of sp³-hybridized carbons (Fsp3) is 0.444. The number of nitrogens with two attached hydrogens (primary N) is 1. The summed E-state index contributed by atoms with van der Waals surface area (Å²) in [6, 6.07) is 0. The molecule has 1 aliphatic rings. The highest BCUT2D eigenvalue weighted by Gasteiger charge is 2.23. The Hall–Kier alpha value is -1.65. The zero-order chi connectivity index (χ0) is 9.54. The number of nitrogen functional groups attached to an aromatic ring is 1. The van der Waals surface area contributed by atoms with Crippen LogP contribution in [0, 0.1) is 5.92 Å². The van der Waals surface area contributed by atoms with Crippen molar-refractivity contribution in [2.45, 2.75) is 19.3 Å². The minimum absolute atomic E-state index is 0.476. The number of rotatable bonds is 2. The van der Waals surface area contributed by atoms with Gasteiger partial charge in [-0.3, -0.25) is 0 Å². The van der Waals surface area contributed by atoms with Crippen LogP contribution >= 0.6 is 0 Å². The summed E-state index contributed by atoms with van der Waals surface area (Å²) < 4.78 is 0. The van der Waals surface area contributed by atoms with Crippen LogP contribution in [0.2, 0.25) is 0 Å².